The number of amidine groups is 1. The van der Waals surface area contributed by atoms with Gasteiger partial charge in [-0.2, -0.15) is 5.10 Å². The maximum Gasteiger partial charge on any atom is 0.331 e. The largest absolute Gasteiger partial charge is 0.488 e. The molecule has 1 aliphatic rings. The van der Waals surface area contributed by atoms with Gasteiger partial charge in [-0.1, -0.05) is 26.2 Å². The molecule has 1 saturated heterocycles. The summed E-state index contributed by atoms with van der Waals surface area (Å²) in [6, 6.07) is 2.16. The van der Waals surface area contributed by atoms with Gasteiger partial charge in [0.25, 0.3) is 5.91 Å². The molecule has 10 heteroatoms. The number of rotatable bonds is 9. The van der Waals surface area contributed by atoms with E-state index in [2.05, 4.69) is 27.2 Å². The molecule has 1 fully saturated rings. The van der Waals surface area contributed by atoms with Gasteiger partial charge in [0.15, 0.2) is 22.6 Å². The van der Waals surface area contributed by atoms with E-state index in [0.717, 1.165) is 61.9 Å². The molecule has 1 heterocycles. The van der Waals surface area contributed by atoms with Crippen molar-refractivity contribution in [1.29, 1.82) is 0 Å². The Bertz CT molecular complexity index is 833. The fourth-order valence-electron chi connectivity index (χ4n) is 2.28. The second-order valence-corrected chi connectivity index (χ2v) is 6.99. The number of hydrogen-bond acceptors (Lipinski definition) is 7. The summed E-state index contributed by atoms with van der Waals surface area (Å²) in [5, 5.41) is 9.99. The molecule has 1 aromatic rings. The molecule has 0 aliphatic carbocycles. The SMILES string of the molecule is CCCCCCOc1c(F)cc(C=N/N=C2/NC(=O)/C(=C\C(=O)OC)S2)cc1F. The Morgan fingerprint density at radius 3 is 2.62 bits per heavy atom. The molecule has 0 spiro atoms. The number of hydrogen-bond donors (Lipinski definition) is 1. The fourth-order valence-corrected chi connectivity index (χ4v) is 3.02. The van der Waals surface area contributed by atoms with Gasteiger partial charge in [-0.25, -0.2) is 13.6 Å². The van der Waals surface area contributed by atoms with Gasteiger partial charge in [0.2, 0.25) is 0 Å². The van der Waals surface area contributed by atoms with Gasteiger partial charge in [-0.3, -0.25) is 10.1 Å². The van der Waals surface area contributed by atoms with Crippen LogP contribution < -0.4 is 10.1 Å². The Hall–Kier alpha value is -2.75. The van der Waals surface area contributed by atoms with Gasteiger partial charge in [-0.15, -0.1) is 5.10 Å². The maximum atomic E-state index is 14.1. The standard InChI is InChI=1S/C19H21F2N3O4S/c1-3-4-5-6-7-28-17-13(20)8-12(9-14(17)21)11-22-24-19-23-18(26)15(29-19)10-16(25)27-2/h8-11H,3-7H2,1-2H3,(H,23,24,26)/b15-10+,22-11?. The molecule has 0 saturated carbocycles. The van der Waals surface area contributed by atoms with E-state index in [1.807, 2.05) is 0 Å². The van der Waals surface area contributed by atoms with Crippen LogP contribution in [-0.2, 0) is 14.3 Å². The number of benzene rings is 1. The second kappa shape index (κ2) is 11.3. The number of carbonyl (C=O) groups excluding carboxylic acids is 2. The maximum absolute atomic E-state index is 14.1. The summed E-state index contributed by atoms with van der Waals surface area (Å²) < 4.78 is 37.8. The minimum absolute atomic E-state index is 0.100. The molecule has 0 radical (unpaired) electrons. The fraction of sp³-hybridized carbons (Fsp3) is 0.368. The summed E-state index contributed by atoms with van der Waals surface area (Å²) in [6.45, 7) is 2.32. The lowest BCUT2D eigenvalue weighted by atomic mass is 10.2. The predicted molar refractivity (Wildman–Crippen MR) is 107 cm³/mol. The summed E-state index contributed by atoms with van der Waals surface area (Å²) in [6.07, 6.45) is 5.94. The molecule has 0 atom stereocenters. The third-order valence-electron chi connectivity index (χ3n) is 3.72. The molecule has 0 bridgehead atoms. The molecule has 0 aromatic heterocycles. The molecular weight excluding hydrogens is 404 g/mol. The molecule has 29 heavy (non-hydrogen) atoms. The van der Waals surface area contributed by atoms with E-state index in [4.69, 9.17) is 4.74 Å². The molecule has 156 valence electrons. The molecule has 1 aliphatic heterocycles. The lowest BCUT2D eigenvalue weighted by molar-refractivity contribution is -0.135. The van der Waals surface area contributed by atoms with E-state index in [-0.39, 0.29) is 22.2 Å². The number of thioether (sulfide) groups is 1. The summed E-state index contributed by atoms with van der Waals surface area (Å²) in [5.74, 6) is -3.28. The number of halogens is 2. The number of nitrogens with one attached hydrogen (secondary N) is 1. The number of nitrogens with zero attached hydrogens (tertiary/aromatic N) is 2. The topological polar surface area (TPSA) is 89.4 Å². The number of carbonyl (C=O) groups is 2. The highest BCUT2D eigenvalue weighted by Crippen LogP contribution is 2.24. The first-order valence-electron chi connectivity index (χ1n) is 8.96. The van der Waals surface area contributed by atoms with E-state index in [0.29, 0.717) is 0 Å². The lowest BCUT2D eigenvalue weighted by Crippen LogP contribution is -2.19. The van der Waals surface area contributed by atoms with Crippen LogP contribution in [0, 0.1) is 11.6 Å². The van der Waals surface area contributed by atoms with Crippen LogP contribution in [0.5, 0.6) is 5.75 Å². The average Bonchev–Trinajstić information content (AvgIpc) is 3.02. The van der Waals surface area contributed by atoms with Gasteiger partial charge in [0.05, 0.1) is 24.8 Å². The van der Waals surface area contributed by atoms with Crippen LogP contribution in [0.2, 0.25) is 0 Å². The van der Waals surface area contributed by atoms with Crippen LogP contribution in [0.1, 0.15) is 38.2 Å². The van der Waals surface area contributed by atoms with Crippen LogP contribution in [0.15, 0.2) is 33.3 Å². The minimum atomic E-state index is -0.832. The minimum Gasteiger partial charge on any atom is -0.488 e. The second-order valence-electron chi connectivity index (χ2n) is 5.96. The number of amides is 1. The molecule has 1 amide bonds. The first-order valence-corrected chi connectivity index (χ1v) is 9.78. The smallest absolute Gasteiger partial charge is 0.331 e. The highest BCUT2D eigenvalue weighted by atomic mass is 32.2. The van der Waals surface area contributed by atoms with Gasteiger partial charge in [0.1, 0.15) is 0 Å². The quantitative estimate of drug-likeness (QED) is 0.215. The van der Waals surface area contributed by atoms with Crippen LogP contribution in [0.3, 0.4) is 0 Å². The van der Waals surface area contributed by atoms with E-state index < -0.39 is 29.3 Å². The Morgan fingerprint density at radius 2 is 1.97 bits per heavy atom. The highest BCUT2D eigenvalue weighted by molar-refractivity contribution is 8.18. The first kappa shape index (κ1) is 22.5. The van der Waals surface area contributed by atoms with E-state index in [1.54, 1.807) is 0 Å². The Morgan fingerprint density at radius 1 is 1.24 bits per heavy atom. The van der Waals surface area contributed by atoms with Crippen molar-refractivity contribution >= 4 is 35.0 Å². The van der Waals surface area contributed by atoms with E-state index in [1.165, 1.54) is 7.11 Å². The zero-order valence-corrected chi connectivity index (χ0v) is 16.9. The molecule has 1 aromatic carbocycles. The molecular formula is C19H21F2N3O4S. The van der Waals surface area contributed by atoms with Crippen LogP contribution >= 0.6 is 11.8 Å². The number of esters is 1. The lowest BCUT2D eigenvalue weighted by Gasteiger charge is -2.08. The van der Waals surface area contributed by atoms with Crippen molar-refractivity contribution in [3.63, 3.8) is 0 Å². The van der Waals surface area contributed by atoms with Crippen LogP contribution in [-0.4, -0.2) is 37.0 Å². The van der Waals surface area contributed by atoms with Crippen molar-refractivity contribution in [1.82, 2.24) is 5.32 Å². The van der Waals surface area contributed by atoms with E-state index in [9.17, 15) is 18.4 Å². The molecule has 1 N–H and O–H groups in total. The predicted octanol–water partition coefficient (Wildman–Crippen LogP) is 3.53. The third kappa shape index (κ3) is 6.97. The zero-order valence-electron chi connectivity index (χ0n) is 16.0. The van der Waals surface area contributed by atoms with Crippen molar-refractivity contribution in [3.05, 3.63) is 40.3 Å². The Balaban J connectivity index is 1.99. The summed E-state index contributed by atoms with van der Waals surface area (Å²) in [4.78, 5) is 23.0. The van der Waals surface area contributed by atoms with Gasteiger partial charge >= 0.3 is 5.97 Å². The normalized spacial score (nSPS) is 16.6. The summed E-state index contributed by atoms with van der Waals surface area (Å²) in [5.41, 5.74) is 0.141. The number of methoxy groups -OCH3 is 1. The van der Waals surface area contributed by atoms with Crippen LogP contribution in [0.25, 0.3) is 0 Å². The van der Waals surface area contributed by atoms with Crippen LogP contribution in [0.4, 0.5) is 8.78 Å². The summed E-state index contributed by atoms with van der Waals surface area (Å²) >= 11 is 0.889. The number of unbranched alkanes of at least 4 members (excludes halogenated alkanes) is 3. The van der Waals surface area contributed by atoms with Crippen molar-refractivity contribution < 1.29 is 27.8 Å². The van der Waals surface area contributed by atoms with E-state index >= 15 is 0 Å². The molecule has 7 nitrogen and oxygen atoms in total. The van der Waals surface area contributed by atoms with Crippen molar-refractivity contribution in [2.45, 2.75) is 32.6 Å². The highest BCUT2D eigenvalue weighted by Gasteiger charge is 2.25. The Labute approximate surface area is 171 Å². The summed E-state index contributed by atoms with van der Waals surface area (Å²) in [7, 11) is 1.19. The van der Waals surface area contributed by atoms with Gasteiger partial charge < -0.3 is 9.47 Å². The monoisotopic (exact) mass is 425 g/mol. The van der Waals surface area contributed by atoms with Gasteiger partial charge in [-0.05, 0) is 30.3 Å². The molecule has 0 unspecified atom stereocenters. The molecule has 2 rings (SSSR count). The van der Waals surface area contributed by atoms with Crippen molar-refractivity contribution in [2.24, 2.45) is 10.2 Å². The first-order chi connectivity index (χ1) is 13.9. The van der Waals surface area contributed by atoms with Crippen molar-refractivity contribution in [3.8, 4) is 5.75 Å². The average molecular weight is 425 g/mol. The number of ether oxygens (including phenoxy) is 2. The van der Waals surface area contributed by atoms with Crippen molar-refractivity contribution in [2.75, 3.05) is 13.7 Å². The van der Waals surface area contributed by atoms with Gasteiger partial charge in [0, 0.05) is 11.6 Å². The zero-order chi connectivity index (χ0) is 21.2. The third-order valence-corrected chi connectivity index (χ3v) is 4.62. The Kier molecular flexibility index (Phi) is 8.78.